The number of hydrogen-bond acceptors (Lipinski definition) is 2. The van der Waals surface area contributed by atoms with Gasteiger partial charge in [-0.25, -0.2) is 4.39 Å². The fourth-order valence-corrected chi connectivity index (χ4v) is 3.59. The number of carbonyl (C=O) groups excluding carboxylic acids is 1. The van der Waals surface area contributed by atoms with Gasteiger partial charge in [-0.1, -0.05) is 42.5 Å². The van der Waals surface area contributed by atoms with Gasteiger partial charge in [0.2, 0.25) is 0 Å². The number of benzene rings is 2. The second-order valence-corrected chi connectivity index (χ2v) is 6.37. The van der Waals surface area contributed by atoms with Gasteiger partial charge in [0.15, 0.2) is 0 Å². The van der Waals surface area contributed by atoms with Crippen molar-refractivity contribution in [2.24, 2.45) is 5.92 Å². The Morgan fingerprint density at radius 3 is 2.48 bits per heavy atom. The van der Waals surface area contributed by atoms with Crippen LogP contribution < -0.4 is 0 Å². The molecule has 1 fully saturated rings. The summed E-state index contributed by atoms with van der Waals surface area (Å²) in [5.74, 6) is -2.66. The lowest BCUT2D eigenvalue weighted by Crippen LogP contribution is -2.45. The van der Waals surface area contributed by atoms with E-state index in [1.54, 1.807) is 19.1 Å². The molecule has 4 nitrogen and oxygen atoms in total. The number of likely N-dealkylation sites (tertiary alicyclic amines) is 1. The van der Waals surface area contributed by atoms with E-state index in [0.717, 1.165) is 5.56 Å². The molecule has 0 saturated carbocycles. The lowest BCUT2D eigenvalue weighted by atomic mass is 9.84. The third-order valence-electron chi connectivity index (χ3n) is 4.79. The van der Waals surface area contributed by atoms with Crippen molar-refractivity contribution in [2.75, 3.05) is 6.54 Å². The molecule has 1 amide bonds. The van der Waals surface area contributed by atoms with E-state index in [-0.39, 0.29) is 5.56 Å². The Morgan fingerprint density at radius 1 is 1.12 bits per heavy atom. The van der Waals surface area contributed by atoms with Gasteiger partial charge in [0, 0.05) is 6.54 Å². The minimum absolute atomic E-state index is 0.0227. The van der Waals surface area contributed by atoms with E-state index in [2.05, 4.69) is 0 Å². The van der Waals surface area contributed by atoms with Crippen LogP contribution >= 0.6 is 0 Å². The lowest BCUT2D eigenvalue weighted by Gasteiger charge is -2.40. The third-order valence-corrected chi connectivity index (χ3v) is 4.79. The molecule has 0 radical (unpaired) electrons. The molecule has 1 heterocycles. The van der Waals surface area contributed by atoms with Crippen molar-refractivity contribution in [3.8, 4) is 0 Å². The van der Waals surface area contributed by atoms with Crippen LogP contribution in [0.1, 0.15) is 40.4 Å². The maximum Gasteiger partial charge on any atom is 0.308 e. The average Bonchev–Trinajstić information content (AvgIpc) is 2.61. The highest BCUT2D eigenvalue weighted by atomic mass is 19.1. The van der Waals surface area contributed by atoms with Crippen LogP contribution in [0.5, 0.6) is 0 Å². The van der Waals surface area contributed by atoms with Crippen LogP contribution in [-0.2, 0) is 4.79 Å². The molecule has 5 heteroatoms. The number of hydrogen-bond donors (Lipinski definition) is 1. The summed E-state index contributed by atoms with van der Waals surface area (Å²) >= 11 is 0. The number of piperidine rings is 1. The maximum absolute atomic E-state index is 14.3. The van der Waals surface area contributed by atoms with Gasteiger partial charge in [0.1, 0.15) is 5.82 Å². The summed E-state index contributed by atoms with van der Waals surface area (Å²) in [6.45, 7) is 2.10. The average molecular weight is 341 g/mol. The van der Waals surface area contributed by atoms with Crippen LogP contribution in [0.3, 0.4) is 0 Å². The van der Waals surface area contributed by atoms with Crippen molar-refractivity contribution < 1.29 is 19.1 Å². The van der Waals surface area contributed by atoms with Gasteiger partial charge >= 0.3 is 5.97 Å². The second kappa shape index (κ2) is 7.05. The van der Waals surface area contributed by atoms with Crippen molar-refractivity contribution in [3.63, 3.8) is 0 Å². The van der Waals surface area contributed by atoms with Crippen LogP contribution in [0.4, 0.5) is 4.39 Å². The van der Waals surface area contributed by atoms with Gasteiger partial charge in [-0.05, 0) is 37.0 Å². The van der Waals surface area contributed by atoms with Crippen molar-refractivity contribution in [1.29, 1.82) is 0 Å². The highest BCUT2D eigenvalue weighted by Crippen LogP contribution is 2.37. The highest BCUT2D eigenvalue weighted by molar-refractivity contribution is 5.96. The summed E-state index contributed by atoms with van der Waals surface area (Å²) in [5.41, 5.74) is 1.33. The quantitative estimate of drug-likeness (QED) is 0.923. The molecule has 0 aromatic heterocycles. The molecule has 1 saturated heterocycles. The van der Waals surface area contributed by atoms with Crippen LogP contribution in [-0.4, -0.2) is 28.4 Å². The molecule has 2 atom stereocenters. The van der Waals surface area contributed by atoms with Crippen LogP contribution in [0, 0.1) is 18.7 Å². The molecule has 25 heavy (non-hydrogen) atoms. The van der Waals surface area contributed by atoms with Crippen molar-refractivity contribution in [1.82, 2.24) is 4.90 Å². The molecule has 0 aliphatic carbocycles. The molecular weight excluding hydrogens is 321 g/mol. The van der Waals surface area contributed by atoms with E-state index in [4.69, 9.17) is 0 Å². The summed E-state index contributed by atoms with van der Waals surface area (Å²) in [5, 5.41) is 9.64. The Labute approximate surface area is 145 Å². The van der Waals surface area contributed by atoms with E-state index in [1.165, 1.54) is 11.0 Å². The van der Waals surface area contributed by atoms with Gasteiger partial charge < -0.3 is 10.0 Å². The van der Waals surface area contributed by atoms with Gasteiger partial charge in [-0.3, -0.25) is 9.59 Å². The molecule has 0 unspecified atom stereocenters. The Kier molecular flexibility index (Phi) is 4.83. The summed E-state index contributed by atoms with van der Waals surface area (Å²) in [4.78, 5) is 26.4. The SMILES string of the molecule is Cc1cccc(F)c1C(=O)N1CCC[C@H](C(=O)O)[C@@H]1c1ccccc1. The number of carbonyl (C=O) groups is 2. The van der Waals surface area contributed by atoms with Crippen LogP contribution in [0.2, 0.25) is 0 Å². The first-order chi connectivity index (χ1) is 12.0. The molecule has 0 bridgehead atoms. The van der Waals surface area contributed by atoms with Gasteiger partial charge in [-0.2, -0.15) is 0 Å². The molecule has 0 spiro atoms. The molecule has 2 aromatic carbocycles. The molecule has 1 aliphatic heterocycles. The lowest BCUT2D eigenvalue weighted by molar-refractivity contribution is -0.145. The predicted molar refractivity (Wildman–Crippen MR) is 91.7 cm³/mol. The zero-order valence-electron chi connectivity index (χ0n) is 14.0. The smallest absolute Gasteiger partial charge is 0.308 e. The van der Waals surface area contributed by atoms with Crippen molar-refractivity contribution in [3.05, 3.63) is 71.0 Å². The van der Waals surface area contributed by atoms with Gasteiger partial charge in [-0.15, -0.1) is 0 Å². The second-order valence-electron chi connectivity index (χ2n) is 6.37. The largest absolute Gasteiger partial charge is 0.481 e. The number of amides is 1. The maximum atomic E-state index is 14.3. The normalized spacial score (nSPS) is 20.3. The van der Waals surface area contributed by atoms with E-state index in [0.29, 0.717) is 24.9 Å². The van der Waals surface area contributed by atoms with E-state index >= 15 is 0 Å². The minimum atomic E-state index is -0.934. The number of carboxylic acid groups (broad SMARTS) is 1. The van der Waals surface area contributed by atoms with Gasteiger partial charge in [0.05, 0.1) is 17.5 Å². The fraction of sp³-hybridized carbons (Fsp3) is 0.300. The molecule has 1 N–H and O–H groups in total. The Bertz CT molecular complexity index is 771. The first-order valence-electron chi connectivity index (χ1n) is 8.34. The van der Waals surface area contributed by atoms with E-state index in [1.807, 2.05) is 30.3 Å². The molecule has 2 aromatic rings. The molecular formula is C20H20FNO3. The number of carboxylic acids is 1. The predicted octanol–water partition coefficient (Wildman–Crippen LogP) is 3.81. The standard InChI is InChI=1S/C20H20FNO3/c1-13-7-5-11-16(21)17(13)19(23)22-12-6-10-15(20(24)25)18(22)14-8-3-2-4-9-14/h2-5,7-9,11,15,18H,6,10,12H2,1H3,(H,24,25)/t15-,18-/m0/s1. The first-order valence-corrected chi connectivity index (χ1v) is 8.34. The van der Waals surface area contributed by atoms with Crippen molar-refractivity contribution >= 4 is 11.9 Å². The number of nitrogens with zero attached hydrogens (tertiary/aromatic N) is 1. The van der Waals surface area contributed by atoms with Crippen LogP contribution in [0.15, 0.2) is 48.5 Å². The molecule has 3 rings (SSSR count). The van der Waals surface area contributed by atoms with E-state index in [9.17, 15) is 19.1 Å². The Hall–Kier alpha value is -2.69. The first kappa shape index (κ1) is 17.1. The third kappa shape index (κ3) is 3.27. The highest BCUT2D eigenvalue weighted by Gasteiger charge is 2.40. The number of aliphatic carboxylic acids is 1. The van der Waals surface area contributed by atoms with Gasteiger partial charge in [0.25, 0.3) is 5.91 Å². The zero-order chi connectivity index (χ0) is 18.0. The number of aryl methyl sites for hydroxylation is 1. The van der Waals surface area contributed by atoms with Crippen molar-refractivity contribution in [2.45, 2.75) is 25.8 Å². The van der Waals surface area contributed by atoms with Crippen LogP contribution in [0.25, 0.3) is 0 Å². The van der Waals surface area contributed by atoms with E-state index < -0.39 is 29.7 Å². The fourth-order valence-electron chi connectivity index (χ4n) is 3.59. The Morgan fingerprint density at radius 2 is 1.84 bits per heavy atom. The zero-order valence-corrected chi connectivity index (χ0v) is 14.0. The summed E-state index contributed by atoms with van der Waals surface area (Å²) < 4.78 is 14.3. The summed E-state index contributed by atoms with van der Waals surface area (Å²) in [6.07, 6.45) is 1.08. The molecule has 1 aliphatic rings. The summed E-state index contributed by atoms with van der Waals surface area (Å²) in [6, 6.07) is 13.0. The molecule has 130 valence electrons. The minimum Gasteiger partial charge on any atom is -0.481 e. The topological polar surface area (TPSA) is 57.6 Å². The number of halogens is 1. The summed E-state index contributed by atoms with van der Waals surface area (Å²) in [7, 11) is 0. The number of rotatable bonds is 3. The Balaban J connectivity index is 2.05. The monoisotopic (exact) mass is 341 g/mol.